The number of nitrogens with zero attached hydrogens (tertiary/aromatic N) is 2. The van der Waals surface area contributed by atoms with Crippen LogP contribution in [0.4, 0.5) is 0 Å². The summed E-state index contributed by atoms with van der Waals surface area (Å²) in [6.07, 6.45) is 4.43. The highest BCUT2D eigenvalue weighted by atomic mass is 16.1. The lowest BCUT2D eigenvalue weighted by Crippen LogP contribution is -2.31. The van der Waals surface area contributed by atoms with E-state index in [1.807, 2.05) is 26.2 Å². The van der Waals surface area contributed by atoms with Gasteiger partial charge in [-0.3, -0.25) is 9.48 Å². The van der Waals surface area contributed by atoms with Crippen molar-refractivity contribution in [3.63, 3.8) is 0 Å². The molecule has 0 radical (unpaired) electrons. The third kappa shape index (κ3) is 4.99. The molecular formula is C12H22N4O. The Morgan fingerprint density at radius 3 is 3.00 bits per heavy atom. The fourth-order valence-electron chi connectivity index (χ4n) is 1.64. The van der Waals surface area contributed by atoms with E-state index < -0.39 is 0 Å². The highest BCUT2D eigenvalue weighted by Gasteiger charge is 2.11. The van der Waals surface area contributed by atoms with Gasteiger partial charge in [-0.1, -0.05) is 6.92 Å². The molecule has 1 unspecified atom stereocenters. The molecule has 0 aromatic carbocycles. The summed E-state index contributed by atoms with van der Waals surface area (Å²) >= 11 is 0. The van der Waals surface area contributed by atoms with Crippen LogP contribution >= 0.6 is 0 Å². The van der Waals surface area contributed by atoms with Crippen LogP contribution in [0, 0.1) is 5.92 Å². The maximum Gasteiger partial charge on any atom is 0.222 e. The van der Waals surface area contributed by atoms with Crippen LogP contribution in [0.25, 0.3) is 0 Å². The van der Waals surface area contributed by atoms with Gasteiger partial charge < -0.3 is 11.1 Å². The Kier molecular flexibility index (Phi) is 5.69. The largest absolute Gasteiger partial charge is 0.355 e. The Balaban J connectivity index is 2.19. The van der Waals surface area contributed by atoms with E-state index in [-0.39, 0.29) is 11.8 Å². The number of hydrogen-bond acceptors (Lipinski definition) is 3. The summed E-state index contributed by atoms with van der Waals surface area (Å²) in [5.74, 6) is 0.150. The minimum atomic E-state index is 0.0438. The highest BCUT2D eigenvalue weighted by Crippen LogP contribution is 2.04. The zero-order valence-corrected chi connectivity index (χ0v) is 10.6. The van der Waals surface area contributed by atoms with Gasteiger partial charge in [-0.2, -0.15) is 5.10 Å². The van der Waals surface area contributed by atoms with E-state index in [1.165, 1.54) is 0 Å². The summed E-state index contributed by atoms with van der Waals surface area (Å²) in [6.45, 7) is 3.22. The van der Waals surface area contributed by atoms with Gasteiger partial charge in [0.15, 0.2) is 0 Å². The van der Waals surface area contributed by atoms with Gasteiger partial charge in [0.05, 0.1) is 5.69 Å². The number of rotatable bonds is 7. The van der Waals surface area contributed by atoms with Crippen molar-refractivity contribution in [2.45, 2.75) is 26.2 Å². The van der Waals surface area contributed by atoms with Crippen LogP contribution < -0.4 is 11.1 Å². The van der Waals surface area contributed by atoms with Gasteiger partial charge in [0, 0.05) is 32.1 Å². The van der Waals surface area contributed by atoms with Crippen molar-refractivity contribution in [2.75, 3.05) is 13.1 Å². The van der Waals surface area contributed by atoms with Crippen LogP contribution in [0.1, 0.15) is 25.5 Å². The van der Waals surface area contributed by atoms with Gasteiger partial charge in [0.25, 0.3) is 0 Å². The molecule has 0 aliphatic heterocycles. The molecule has 1 rings (SSSR count). The lowest BCUT2D eigenvalue weighted by molar-refractivity contribution is -0.124. The zero-order chi connectivity index (χ0) is 12.7. The quantitative estimate of drug-likeness (QED) is 0.724. The predicted octanol–water partition coefficient (Wildman–Crippen LogP) is 0.454. The monoisotopic (exact) mass is 238 g/mol. The number of carbonyl (C=O) groups is 1. The molecule has 5 heteroatoms. The van der Waals surface area contributed by atoms with Gasteiger partial charge >= 0.3 is 0 Å². The van der Waals surface area contributed by atoms with Crippen molar-refractivity contribution < 1.29 is 4.79 Å². The fourth-order valence-corrected chi connectivity index (χ4v) is 1.64. The maximum atomic E-state index is 11.7. The summed E-state index contributed by atoms with van der Waals surface area (Å²) in [4.78, 5) is 11.7. The molecule has 0 saturated carbocycles. The number of nitrogens with one attached hydrogen (secondary N) is 1. The Labute approximate surface area is 102 Å². The molecule has 0 aliphatic rings. The first kappa shape index (κ1) is 13.7. The molecule has 0 spiro atoms. The molecule has 17 heavy (non-hydrogen) atoms. The first-order valence-corrected chi connectivity index (χ1v) is 6.09. The second-order valence-corrected chi connectivity index (χ2v) is 4.35. The number of carbonyl (C=O) groups excluding carboxylic acids is 1. The smallest absolute Gasteiger partial charge is 0.222 e. The van der Waals surface area contributed by atoms with Gasteiger partial charge in [0.2, 0.25) is 5.91 Å². The minimum Gasteiger partial charge on any atom is -0.355 e. The van der Waals surface area contributed by atoms with Gasteiger partial charge in [-0.25, -0.2) is 0 Å². The number of nitrogens with two attached hydrogens (primary N) is 1. The molecule has 1 amide bonds. The molecule has 5 nitrogen and oxygen atoms in total. The van der Waals surface area contributed by atoms with Crippen molar-refractivity contribution in [2.24, 2.45) is 18.7 Å². The van der Waals surface area contributed by atoms with E-state index in [0.29, 0.717) is 13.1 Å². The van der Waals surface area contributed by atoms with Crippen molar-refractivity contribution in [3.05, 3.63) is 18.0 Å². The third-order valence-corrected chi connectivity index (χ3v) is 2.74. The van der Waals surface area contributed by atoms with E-state index >= 15 is 0 Å². The Morgan fingerprint density at radius 1 is 1.65 bits per heavy atom. The molecule has 1 aromatic heterocycles. The molecule has 0 saturated heterocycles. The Hall–Kier alpha value is -1.36. The molecule has 3 N–H and O–H groups in total. The van der Waals surface area contributed by atoms with Crippen LogP contribution in [-0.2, 0) is 18.3 Å². The summed E-state index contributed by atoms with van der Waals surface area (Å²) in [6, 6.07) is 1.96. The summed E-state index contributed by atoms with van der Waals surface area (Å²) in [5, 5.41) is 7.17. The fraction of sp³-hybridized carbons (Fsp3) is 0.667. The third-order valence-electron chi connectivity index (χ3n) is 2.74. The van der Waals surface area contributed by atoms with Crippen molar-refractivity contribution in [1.29, 1.82) is 0 Å². The average Bonchev–Trinajstić information content (AvgIpc) is 2.71. The number of aromatic nitrogens is 2. The van der Waals surface area contributed by atoms with Gasteiger partial charge in [-0.05, 0) is 25.5 Å². The number of aryl methyl sites for hydroxylation is 1. The standard InChI is InChI=1S/C12H22N4O/c1-10(4-3-7-13)12(17)14-8-5-11-6-9-16(2)15-11/h6,9-10H,3-5,7-8,13H2,1-2H3,(H,14,17). The SMILES string of the molecule is CC(CCCN)C(=O)NCCc1ccn(C)n1. The lowest BCUT2D eigenvalue weighted by atomic mass is 10.1. The predicted molar refractivity (Wildman–Crippen MR) is 67.4 cm³/mol. The average molecular weight is 238 g/mol. The van der Waals surface area contributed by atoms with E-state index in [1.54, 1.807) is 4.68 Å². The van der Waals surface area contributed by atoms with Crippen molar-refractivity contribution in [1.82, 2.24) is 15.1 Å². The zero-order valence-electron chi connectivity index (χ0n) is 10.6. The number of amides is 1. The molecule has 0 bridgehead atoms. The summed E-state index contributed by atoms with van der Waals surface area (Å²) in [5.41, 5.74) is 6.42. The second-order valence-electron chi connectivity index (χ2n) is 4.35. The Morgan fingerprint density at radius 2 is 2.41 bits per heavy atom. The van der Waals surface area contributed by atoms with Gasteiger partial charge in [-0.15, -0.1) is 0 Å². The molecule has 1 atom stereocenters. The summed E-state index contributed by atoms with van der Waals surface area (Å²) < 4.78 is 1.76. The second kappa shape index (κ2) is 7.06. The normalized spacial score (nSPS) is 12.4. The van der Waals surface area contributed by atoms with Crippen LogP contribution in [0.2, 0.25) is 0 Å². The lowest BCUT2D eigenvalue weighted by Gasteiger charge is -2.10. The van der Waals surface area contributed by atoms with Crippen LogP contribution in [0.5, 0.6) is 0 Å². The van der Waals surface area contributed by atoms with Gasteiger partial charge in [0.1, 0.15) is 0 Å². The van der Waals surface area contributed by atoms with E-state index in [4.69, 9.17) is 5.73 Å². The van der Waals surface area contributed by atoms with Crippen LogP contribution in [-0.4, -0.2) is 28.8 Å². The van der Waals surface area contributed by atoms with E-state index in [2.05, 4.69) is 10.4 Å². The molecule has 0 fully saturated rings. The molecule has 0 aliphatic carbocycles. The molecule has 96 valence electrons. The molecule has 1 aromatic rings. The highest BCUT2D eigenvalue weighted by molar-refractivity contribution is 5.78. The first-order chi connectivity index (χ1) is 8.13. The minimum absolute atomic E-state index is 0.0438. The molecular weight excluding hydrogens is 216 g/mol. The molecule has 1 heterocycles. The topological polar surface area (TPSA) is 72.9 Å². The van der Waals surface area contributed by atoms with Crippen molar-refractivity contribution in [3.8, 4) is 0 Å². The maximum absolute atomic E-state index is 11.7. The van der Waals surface area contributed by atoms with Crippen LogP contribution in [0.3, 0.4) is 0 Å². The van der Waals surface area contributed by atoms with E-state index in [9.17, 15) is 4.79 Å². The number of hydrogen-bond donors (Lipinski definition) is 2. The summed E-state index contributed by atoms with van der Waals surface area (Å²) in [7, 11) is 1.89. The van der Waals surface area contributed by atoms with Crippen molar-refractivity contribution >= 4 is 5.91 Å². The first-order valence-electron chi connectivity index (χ1n) is 6.09. The van der Waals surface area contributed by atoms with Crippen LogP contribution in [0.15, 0.2) is 12.3 Å². The Bertz CT molecular complexity index is 348. The van der Waals surface area contributed by atoms with E-state index in [0.717, 1.165) is 25.0 Å².